The Morgan fingerprint density at radius 3 is 2.50 bits per heavy atom. The van der Waals surface area contributed by atoms with Gasteiger partial charge in [-0.25, -0.2) is 4.98 Å². The summed E-state index contributed by atoms with van der Waals surface area (Å²) in [6.07, 6.45) is 1.44. The van der Waals surface area contributed by atoms with Crippen LogP contribution in [0, 0.1) is 19.4 Å². The Morgan fingerprint density at radius 1 is 1.26 bits per heavy atom. The first-order valence-electron chi connectivity index (χ1n) is 12.0. The quantitative estimate of drug-likeness (QED) is 0.174. The van der Waals surface area contributed by atoms with Crippen LogP contribution in [0.5, 0.6) is 11.9 Å². The smallest absolute Gasteiger partial charge is 0.367 e. The zero-order chi connectivity index (χ0) is 25.6. The second-order valence-corrected chi connectivity index (χ2v) is 16.4. The minimum Gasteiger partial charge on any atom is -0.464 e. The molecule has 9 nitrogen and oxygen atoms in total. The first-order valence-corrected chi connectivity index (χ1v) is 16.6. The van der Waals surface area contributed by atoms with Crippen molar-refractivity contribution in [1.29, 1.82) is 0 Å². The van der Waals surface area contributed by atoms with E-state index in [0.29, 0.717) is 24.5 Å². The Balaban J connectivity index is 2.04. The summed E-state index contributed by atoms with van der Waals surface area (Å²) >= 11 is 0. The number of aryl methyl sites for hydroxylation is 1. The molecule has 2 heterocycles. The van der Waals surface area contributed by atoms with Gasteiger partial charge in [-0.3, -0.25) is 4.57 Å². The van der Waals surface area contributed by atoms with Crippen molar-refractivity contribution in [1.82, 2.24) is 9.97 Å². The highest BCUT2D eigenvalue weighted by Crippen LogP contribution is 2.48. The Bertz CT molecular complexity index is 828. The van der Waals surface area contributed by atoms with Crippen molar-refractivity contribution in [2.24, 2.45) is 5.92 Å². The highest BCUT2D eigenvalue weighted by atomic mass is 31.2. The van der Waals surface area contributed by atoms with Crippen LogP contribution in [-0.4, -0.2) is 56.7 Å². The minimum atomic E-state index is -3.37. The lowest BCUT2D eigenvalue weighted by atomic mass is 9.99. The molecule has 1 aromatic rings. The molecule has 0 aromatic carbocycles. The van der Waals surface area contributed by atoms with Crippen LogP contribution in [0.3, 0.4) is 0 Å². The average Bonchev–Trinajstić information content (AvgIpc) is 3.19. The van der Waals surface area contributed by atoms with Gasteiger partial charge in [-0.05, 0) is 44.8 Å². The standard InChI is InChI=1S/C23H42N2O7PSi/c1-10-29-33(26,30-11-2)16-28-21-18(5)14-24-22(25-21)32-19-12-13-27-20(19)15-31-34(8,9)23(6,7)17(3)4/h13-14,17,19-20H,10-12,15-16H2,1-9H3/q+1/t19-,20-/m1/s1. The predicted molar refractivity (Wildman–Crippen MR) is 134 cm³/mol. The lowest BCUT2D eigenvalue weighted by Gasteiger charge is -2.42. The number of ether oxygens (including phenoxy) is 3. The summed E-state index contributed by atoms with van der Waals surface area (Å²) in [5.74, 6) is 0.782. The van der Waals surface area contributed by atoms with Crippen LogP contribution in [0.4, 0.5) is 0 Å². The van der Waals surface area contributed by atoms with Crippen molar-refractivity contribution < 1.29 is 32.2 Å². The van der Waals surface area contributed by atoms with E-state index in [-0.39, 0.29) is 48.7 Å². The van der Waals surface area contributed by atoms with E-state index in [4.69, 9.17) is 27.7 Å². The third-order valence-corrected chi connectivity index (χ3v) is 13.1. The zero-order valence-electron chi connectivity index (χ0n) is 22.1. The summed E-state index contributed by atoms with van der Waals surface area (Å²) in [5.41, 5.74) is 0.685. The molecular weight excluding hydrogens is 475 g/mol. The topological polar surface area (TPSA) is 98.2 Å². The van der Waals surface area contributed by atoms with E-state index in [2.05, 4.69) is 50.8 Å². The summed E-state index contributed by atoms with van der Waals surface area (Å²) in [6.45, 7) is 21.5. The van der Waals surface area contributed by atoms with Gasteiger partial charge in [0.15, 0.2) is 33.3 Å². The second-order valence-electron chi connectivity index (χ2n) is 9.79. The number of aromatic nitrogens is 2. The summed E-state index contributed by atoms with van der Waals surface area (Å²) < 4.78 is 47.3. The summed E-state index contributed by atoms with van der Waals surface area (Å²) in [6, 6.07) is 0.163. The number of hydrogen-bond acceptors (Lipinski definition) is 9. The van der Waals surface area contributed by atoms with Gasteiger partial charge in [-0.2, -0.15) is 9.72 Å². The van der Waals surface area contributed by atoms with Crippen molar-refractivity contribution >= 4 is 15.9 Å². The normalized spacial score (nSPS) is 19.4. The molecule has 2 atom stereocenters. The third-order valence-electron chi connectivity index (χ3n) is 6.79. The summed E-state index contributed by atoms with van der Waals surface area (Å²) in [7, 11) is -5.36. The van der Waals surface area contributed by atoms with Crippen molar-refractivity contribution in [2.75, 3.05) is 26.2 Å². The molecule has 1 aliphatic rings. The van der Waals surface area contributed by atoms with E-state index in [1.807, 2.05) is 0 Å². The molecule has 0 radical (unpaired) electrons. The molecule has 11 heteroatoms. The van der Waals surface area contributed by atoms with Gasteiger partial charge in [0.25, 0.3) is 0 Å². The Labute approximate surface area is 205 Å². The number of hydrogen-bond donors (Lipinski definition) is 0. The van der Waals surface area contributed by atoms with Gasteiger partial charge in [-0.1, -0.05) is 27.7 Å². The summed E-state index contributed by atoms with van der Waals surface area (Å²) in [5, 5.41) is 0.112. The first kappa shape index (κ1) is 29.1. The van der Waals surface area contributed by atoms with E-state index in [0.717, 1.165) is 0 Å². The number of rotatable bonds is 14. The van der Waals surface area contributed by atoms with Gasteiger partial charge in [0.1, 0.15) is 0 Å². The molecule has 0 saturated carbocycles. The van der Waals surface area contributed by atoms with Crippen LogP contribution in [0.15, 0.2) is 6.20 Å². The Hall–Kier alpha value is -1.16. The molecule has 0 spiro atoms. The Morgan fingerprint density at radius 2 is 1.91 bits per heavy atom. The summed E-state index contributed by atoms with van der Waals surface area (Å²) in [4.78, 5) is 8.65. The SMILES string of the molecule is CCOP(=O)(COc1nc(O[C@@H]2C[CH+]O[C@@H]2CO[Si](C)(C)C(C)(C)C(C)C)ncc1C)OCC. The first-order chi connectivity index (χ1) is 15.8. The fraction of sp³-hybridized carbons (Fsp3) is 0.783. The van der Waals surface area contributed by atoms with Crippen molar-refractivity contribution in [3.05, 3.63) is 18.4 Å². The fourth-order valence-corrected chi connectivity index (χ4v) is 6.98. The van der Waals surface area contributed by atoms with Gasteiger partial charge in [-0.15, -0.1) is 0 Å². The van der Waals surface area contributed by atoms with Gasteiger partial charge in [0.2, 0.25) is 12.5 Å². The maximum absolute atomic E-state index is 12.7. The molecule has 0 amide bonds. The van der Waals surface area contributed by atoms with E-state index in [9.17, 15) is 4.57 Å². The van der Waals surface area contributed by atoms with Crippen LogP contribution in [0.1, 0.15) is 53.5 Å². The van der Waals surface area contributed by atoms with E-state index in [1.54, 1.807) is 33.6 Å². The molecule has 0 aliphatic carbocycles. The molecule has 1 aliphatic heterocycles. The van der Waals surface area contributed by atoms with Crippen LogP contribution in [0.2, 0.25) is 18.1 Å². The minimum absolute atomic E-state index is 0.112. The average molecular weight is 518 g/mol. The van der Waals surface area contributed by atoms with Crippen molar-refractivity contribution in [2.45, 2.75) is 85.2 Å². The Kier molecular flexibility index (Phi) is 10.4. The van der Waals surface area contributed by atoms with Crippen LogP contribution in [-0.2, 0) is 22.8 Å². The highest BCUT2D eigenvalue weighted by Gasteiger charge is 2.46. The van der Waals surface area contributed by atoms with Crippen molar-refractivity contribution in [3.63, 3.8) is 0 Å². The predicted octanol–water partition coefficient (Wildman–Crippen LogP) is 5.74. The molecule has 1 saturated heterocycles. The molecule has 2 rings (SSSR count). The number of nitrogens with zero attached hydrogens (tertiary/aromatic N) is 2. The lowest BCUT2D eigenvalue weighted by Crippen LogP contribution is -2.47. The lowest BCUT2D eigenvalue weighted by molar-refractivity contribution is 0.0264. The monoisotopic (exact) mass is 517 g/mol. The molecule has 1 aromatic heterocycles. The van der Waals surface area contributed by atoms with Gasteiger partial charge in [0.05, 0.1) is 19.8 Å². The third kappa shape index (κ3) is 7.42. The van der Waals surface area contributed by atoms with Crippen LogP contribution >= 0.6 is 7.60 Å². The van der Waals surface area contributed by atoms with E-state index >= 15 is 0 Å². The molecule has 1 fully saturated rings. The maximum Gasteiger partial charge on any atom is 0.367 e. The molecule has 34 heavy (non-hydrogen) atoms. The van der Waals surface area contributed by atoms with Gasteiger partial charge >= 0.3 is 13.6 Å². The van der Waals surface area contributed by atoms with Gasteiger partial charge in [0, 0.05) is 11.8 Å². The van der Waals surface area contributed by atoms with Crippen LogP contribution < -0.4 is 9.47 Å². The molecule has 0 N–H and O–H groups in total. The van der Waals surface area contributed by atoms with Gasteiger partial charge < -0.3 is 22.9 Å². The maximum atomic E-state index is 12.7. The zero-order valence-corrected chi connectivity index (χ0v) is 24.0. The largest absolute Gasteiger partial charge is 0.464 e. The van der Waals surface area contributed by atoms with E-state index < -0.39 is 15.9 Å². The van der Waals surface area contributed by atoms with E-state index in [1.165, 1.54) is 0 Å². The fourth-order valence-electron chi connectivity index (χ4n) is 3.35. The second kappa shape index (κ2) is 12.2. The molecule has 0 unspecified atom stereocenters. The molecule has 194 valence electrons. The molecular formula is C23H42N2O7PSi+. The highest BCUT2D eigenvalue weighted by molar-refractivity contribution is 7.53. The molecule has 0 bridgehead atoms. The van der Waals surface area contributed by atoms with Crippen LogP contribution in [0.25, 0.3) is 0 Å². The van der Waals surface area contributed by atoms with Crippen molar-refractivity contribution in [3.8, 4) is 11.9 Å².